The van der Waals surface area contributed by atoms with Crippen molar-refractivity contribution in [2.24, 2.45) is 0 Å². The van der Waals surface area contributed by atoms with Gasteiger partial charge in [-0.25, -0.2) is 5.21 Å². The molecule has 0 saturated heterocycles. The molecule has 25 heavy (non-hydrogen) atoms. The van der Waals surface area contributed by atoms with Gasteiger partial charge in [-0.1, -0.05) is 30.3 Å². The van der Waals surface area contributed by atoms with Crippen LogP contribution in [0.25, 0.3) is 22.3 Å². The van der Waals surface area contributed by atoms with Crippen LogP contribution in [-0.4, -0.2) is 31.1 Å². The normalized spacial score (nSPS) is 11.7. The summed E-state index contributed by atoms with van der Waals surface area (Å²) < 4.78 is 11.3. The van der Waals surface area contributed by atoms with Gasteiger partial charge in [0.1, 0.15) is 18.1 Å². The van der Waals surface area contributed by atoms with E-state index in [0.29, 0.717) is 33.6 Å². The van der Waals surface area contributed by atoms with Gasteiger partial charge >= 0.3 is 0 Å². The van der Waals surface area contributed by atoms with Crippen LogP contribution in [0.3, 0.4) is 0 Å². The number of nitrogens with zero attached hydrogens (tertiary/aromatic N) is 1. The van der Waals surface area contributed by atoms with Crippen LogP contribution in [0.4, 0.5) is 0 Å². The van der Waals surface area contributed by atoms with Gasteiger partial charge < -0.3 is 9.15 Å². The lowest BCUT2D eigenvalue weighted by Gasteiger charge is -2.21. The number of benzene rings is 2. The van der Waals surface area contributed by atoms with Crippen molar-refractivity contribution < 1.29 is 19.0 Å². The molecule has 0 radical (unpaired) electrons. The van der Waals surface area contributed by atoms with E-state index in [1.54, 1.807) is 40.3 Å². The molecule has 1 N–H and O–H groups in total. The molecular formula is C20H22NO4+. The second kappa shape index (κ2) is 6.35. The minimum absolute atomic E-state index is 0.0766. The van der Waals surface area contributed by atoms with E-state index in [4.69, 9.17) is 9.15 Å². The molecule has 0 aliphatic heterocycles. The number of hydroxylamine groups is 3. The van der Waals surface area contributed by atoms with Crippen LogP contribution in [0.1, 0.15) is 11.1 Å². The van der Waals surface area contributed by atoms with Crippen LogP contribution in [0.15, 0.2) is 51.7 Å². The lowest BCUT2D eigenvalue weighted by Crippen LogP contribution is -2.34. The number of hydrogen-bond donors (Lipinski definition) is 1. The van der Waals surface area contributed by atoms with E-state index in [1.165, 1.54) is 0 Å². The maximum Gasteiger partial charge on any atom is 0.196 e. The molecule has 5 heteroatoms. The SMILES string of the molecule is COc1ccc2c(=O)c(C)c(-c3ccccc3)oc2c1C[N+](C)(C)O. The molecule has 0 spiro atoms. The molecule has 0 atom stereocenters. The van der Waals surface area contributed by atoms with Crippen LogP contribution in [0.2, 0.25) is 0 Å². The summed E-state index contributed by atoms with van der Waals surface area (Å²) in [6.45, 7) is 2.02. The van der Waals surface area contributed by atoms with Gasteiger partial charge in [0.05, 0.1) is 32.2 Å². The molecule has 0 aliphatic carbocycles. The number of fused-ring (bicyclic) bond motifs is 1. The highest BCUT2D eigenvalue weighted by atomic mass is 16.5. The summed E-state index contributed by atoms with van der Waals surface area (Å²) in [6.07, 6.45) is 0. The van der Waals surface area contributed by atoms with Crippen LogP contribution in [0, 0.1) is 6.92 Å². The van der Waals surface area contributed by atoms with Crippen molar-refractivity contribution >= 4 is 11.0 Å². The number of rotatable bonds is 4. The van der Waals surface area contributed by atoms with E-state index in [0.717, 1.165) is 5.56 Å². The highest BCUT2D eigenvalue weighted by Gasteiger charge is 2.23. The van der Waals surface area contributed by atoms with Crippen LogP contribution >= 0.6 is 0 Å². The zero-order valence-electron chi connectivity index (χ0n) is 14.9. The van der Waals surface area contributed by atoms with Crippen molar-refractivity contribution in [3.8, 4) is 17.1 Å². The first kappa shape index (κ1) is 17.2. The molecule has 3 aromatic rings. The Balaban J connectivity index is 2.37. The van der Waals surface area contributed by atoms with Gasteiger partial charge in [-0.3, -0.25) is 4.79 Å². The predicted molar refractivity (Wildman–Crippen MR) is 96.8 cm³/mol. The third-order valence-corrected chi connectivity index (χ3v) is 4.15. The van der Waals surface area contributed by atoms with E-state index in [9.17, 15) is 10.0 Å². The molecule has 3 rings (SSSR count). The minimum Gasteiger partial charge on any atom is -0.496 e. The summed E-state index contributed by atoms with van der Waals surface area (Å²) in [5.74, 6) is 1.12. The summed E-state index contributed by atoms with van der Waals surface area (Å²) in [7, 11) is 4.87. The fourth-order valence-corrected chi connectivity index (χ4v) is 2.98. The van der Waals surface area contributed by atoms with Gasteiger partial charge in [0.15, 0.2) is 11.0 Å². The zero-order chi connectivity index (χ0) is 18.2. The van der Waals surface area contributed by atoms with Crippen LogP contribution in [0.5, 0.6) is 5.75 Å². The lowest BCUT2D eigenvalue weighted by atomic mass is 10.0. The Morgan fingerprint density at radius 1 is 1.12 bits per heavy atom. The second-order valence-corrected chi connectivity index (χ2v) is 6.65. The third-order valence-electron chi connectivity index (χ3n) is 4.15. The number of hydrogen-bond acceptors (Lipinski definition) is 4. The first-order valence-electron chi connectivity index (χ1n) is 8.06. The third kappa shape index (κ3) is 3.29. The topological polar surface area (TPSA) is 59.7 Å². The minimum atomic E-state index is -0.298. The Kier molecular flexibility index (Phi) is 4.37. The fourth-order valence-electron chi connectivity index (χ4n) is 2.98. The predicted octanol–water partition coefficient (Wildman–Crippen LogP) is 3.74. The second-order valence-electron chi connectivity index (χ2n) is 6.65. The first-order valence-corrected chi connectivity index (χ1v) is 8.06. The Morgan fingerprint density at radius 3 is 2.40 bits per heavy atom. The molecule has 2 aromatic carbocycles. The van der Waals surface area contributed by atoms with Crippen molar-refractivity contribution in [1.29, 1.82) is 0 Å². The quantitative estimate of drug-likeness (QED) is 0.580. The molecule has 0 amide bonds. The Hall–Kier alpha value is -2.63. The zero-order valence-corrected chi connectivity index (χ0v) is 14.9. The monoisotopic (exact) mass is 340 g/mol. The van der Waals surface area contributed by atoms with E-state index in [-0.39, 0.29) is 16.6 Å². The smallest absolute Gasteiger partial charge is 0.196 e. The highest BCUT2D eigenvalue weighted by Crippen LogP contribution is 2.32. The van der Waals surface area contributed by atoms with E-state index < -0.39 is 0 Å². The van der Waals surface area contributed by atoms with Gasteiger partial charge in [-0.2, -0.15) is 4.65 Å². The van der Waals surface area contributed by atoms with Crippen LogP contribution in [-0.2, 0) is 6.54 Å². The first-order chi connectivity index (χ1) is 11.8. The molecule has 5 nitrogen and oxygen atoms in total. The summed E-state index contributed by atoms with van der Waals surface area (Å²) in [5.41, 5.74) is 2.45. The summed E-state index contributed by atoms with van der Waals surface area (Å²) in [5, 5.41) is 10.7. The van der Waals surface area contributed by atoms with Crippen molar-refractivity contribution in [3.05, 3.63) is 63.8 Å². The molecule has 1 aromatic heterocycles. The van der Waals surface area contributed by atoms with Crippen molar-refractivity contribution in [2.75, 3.05) is 21.2 Å². The number of ether oxygens (including phenoxy) is 1. The van der Waals surface area contributed by atoms with Crippen molar-refractivity contribution in [3.63, 3.8) is 0 Å². The molecule has 1 heterocycles. The number of methoxy groups -OCH3 is 1. The van der Waals surface area contributed by atoms with Gasteiger partial charge in [0.2, 0.25) is 0 Å². The Labute approximate surface area is 146 Å². The molecule has 0 aliphatic rings. The molecule has 130 valence electrons. The van der Waals surface area contributed by atoms with E-state index in [2.05, 4.69) is 0 Å². The fraction of sp³-hybridized carbons (Fsp3) is 0.250. The Morgan fingerprint density at radius 2 is 1.80 bits per heavy atom. The van der Waals surface area contributed by atoms with Gasteiger partial charge in [0.25, 0.3) is 0 Å². The Bertz CT molecular complexity index is 969. The number of quaternary nitrogens is 1. The van der Waals surface area contributed by atoms with E-state index in [1.807, 2.05) is 30.3 Å². The van der Waals surface area contributed by atoms with Crippen molar-refractivity contribution in [1.82, 2.24) is 0 Å². The largest absolute Gasteiger partial charge is 0.496 e. The maximum atomic E-state index is 12.9. The maximum absolute atomic E-state index is 12.9. The summed E-state index contributed by atoms with van der Waals surface area (Å²) in [6, 6.07) is 13.0. The van der Waals surface area contributed by atoms with E-state index >= 15 is 0 Å². The molecule has 0 unspecified atom stereocenters. The standard InChI is InChI=1S/C20H22NO4/c1-13-18(22)15-10-11-17(24-4)16(12-21(2,3)23)20(15)25-19(13)14-8-6-5-7-9-14/h5-11,23H,12H2,1-4H3/q+1. The van der Waals surface area contributed by atoms with Gasteiger partial charge in [-0.05, 0) is 19.1 Å². The van der Waals surface area contributed by atoms with Gasteiger partial charge in [-0.15, -0.1) is 0 Å². The summed E-state index contributed by atoms with van der Waals surface area (Å²) in [4.78, 5) is 12.9. The highest BCUT2D eigenvalue weighted by molar-refractivity contribution is 5.85. The lowest BCUT2D eigenvalue weighted by molar-refractivity contribution is -1.08. The average Bonchev–Trinajstić information content (AvgIpc) is 2.58. The molecular weight excluding hydrogens is 318 g/mol. The molecule has 0 fully saturated rings. The summed E-state index contributed by atoms with van der Waals surface area (Å²) >= 11 is 0. The van der Waals surface area contributed by atoms with Gasteiger partial charge in [0, 0.05) is 11.1 Å². The molecule has 0 bridgehead atoms. The van der Waals surface area contributed by atoms with Crippen molar-refractivity contribution in [2.45, 2.75) is 13.5 Å². The van der Waals surface area contributed by atoms with Crippen LogP contribution < -0.4 is 10.2 Å². The average molecular weight is 340 g/mol. The molecule has 0 saturated carbocycles.